The maximum absolute atomic E-state index is 13.6. The van der Waals surface area contributed by atoms with Crippen LogP contribution in [0.15, 0.2) is 54.7 Å². The van der Waals surface area contributed by atoms with Crippen LogP contribution >= 0.6 is 11.6 Å². The molecule has 0 amide bonds. The molecule has 8 heteroatoms. The lowest BCUT2D eigenvalue weighted by molar-refractivity contribution is -0.143. The van der Waals surface area contributed by atoms with E-state index < -0.39 is 29.7 Å². The van der Waals surface area contributed by atoms with Crippen LogP contribution in [-0.2, 0) is 11.0 Å². The summed E-state index contributed by atoms with van der Waals surface area (Å²) >= 11 is 5.86. The van der Waals surface area contributed by atoms with Crippen LogP contribution in [0.3, 0.4) is 0 Å². The van der Waals surface area contributed by atoms with Gasteiger partial charge in [0.2, 0.25) is 0 Å². The van der Waals surface area contributed by atoms with Gasteiger partial charge in [-0.15, -0.1) is 0 Å². The molecule has 3 aromatic rings. The number of aliphatic carboxylic acids is 1. The van der Waals surface area contributed by atoms with Crippen molar-refractivity contribution in [1.82, 2.24) is 9.88 Å². The van der Waals surface area contributed by atoms with E-state index in [0.717, 1.165) is 22.5 Å². The molecule has 4 rings (SSSR count). The first kappa shape index (κ1) is 21.6. The number of rotatable bonds is 4. The standard InChI is InChI=1S/C23H20ClF3N2O2/c24-19-8-7-14(12-18(19)23(25,26)27)21(29-11-3-4-15(13-29)22(30)31)17-9-10-28-20-6-2-1-5-16(17)20/h1-2,5-10,12,15,21H,3-4,11,13H2,(H,30,31). The van der Waals surface area contributed by atoms with Crippen LogP contribution < -0.4 is 0 Å². The highest BCUT2D eigenvalue weighted by Crippen LogP contribution is 2.40. The zero-order valence-corrected chi connectivity index (χ0v) is 17.2. The largest absolute Gasteiger partial charge is 0.481 e. The monoisotopic (exact) mass is 448 g/mol. The Kier molecular flexibility index (Phi) is 5.90. The summed E-state index contributed by atoms with van der Waals surface area (Å²) in [6.45, 7) is 0.829. The van der Waals surface area contributed by atoms with Crippen molar-refractivity contribution in [3.05, 3.63) is 76.4 Å². The van der Waals surface area contributed by atoms with Crippen LogP contribution in [0.1, 0.15) is 35.6 Å². The van der Waals surface area contributed by atoms with Crippen LogP contribution in [0.4, 0.5) is 13.2 Å². The number of hydrogen-bond donors (Lipinski definition) is 1. The molecule has 1 aromatic heterocycles. The van der Waals surface area contributed by atoms with Crippen LogP contribution in [0, 0.1) is 5.92 Å². The fourth-order valence-corrected chi connectivity index (χ4v) is 4.54. The molecule has 0 aliphatic carbocycles. The Morgan fingerprint density at radius 1 is 1.19 bits per heavy atom. The van der Waals surface area contributed by atoms with E-state index in [0.29, 0.717) is 24.9 Å². The average molecular weight is 449 g/mol. The van der Waals surface area contributed by atoms with Crippen molar-refractivity contribution in [1.29, 1.82) is 0 Å². The van der Waals surface area contributed by atoms with Gasteiger partial charge in [0.05, 0.1) is 28.1 Å². The fourth-order valence-electron chi connectivity index (χ4n) is 4.32. The second kappa shape index (κ2) is 8.48. The van der Waals surface area contributed by atoms with Crippen molar-refractivity contribution in [3.63, 3.8) is 0 Å². The summed E-state index contributed by atoms with van der Waals surface area (Å²) in [5.41, 5.74) is 1.02. The van der Waals surface area contributed by atoms with Crippen molar-refractivity contribution in [2.45, 2.75) is 25.1 Å². The lowest BCUT2D eigenvalue weighted by Gasteiger charge is -2.38. The minimum Gasteiger partial charge on any atom is -0.481 e. The van der Waals surface area contributed by atoms with Crippen molar-refractivity contribution in [2.24, 2.45) is 5.92 Å². The summed E-state index contributed by atoms with van der Waals surface area (Å²) in [4.78, 5) is 18.0. The summed E-state index contributed by atoms with van der Waals surface area (Å²) in [5, 5.41) is 9.99. The lowest BCUT2D eigenvalue weighted by atomic mass is 9.89. The van der Waals surface area contributed by atoms with E-state index in [1.165, 1.54) is 6.07 Å². The van der Waals surface area contributed by atoms with Gasteiger partial charge < -0.3 is 5.11 Å². The highest BCUT2D eigenvalue weighted by molar-refractivity contribution is 6.31. The van der Waals surface area contributed by atoms with Gasteiger partial charge in [-0.3, -0.25) is 14.7 Å². The molecular formula is C23H20ClF3N2O2. The molecular weight excluding hydrogens is 429 g/mol. The number of hydrogen-bond acceptors (Lipinski definition) is 3. The molecule has 0 radical (unpaired) electrons. The van der Waals surface area contributed by atoms with E-state index in [9.17, 15) is 23.1 Å². The predicted molar refractivity (Wildman–Crippen MR) is 112 cm³/mol. The third-order valence-corrected chi connectivity index (χ3v) is 6.09. The number of carboxylic acid groups (broad SMARTS) is 1. The Hall–Kier alpha value is -2.64. The maximum atomic E-state index is 13.6. The molecule has 1 N–H and O–H groups in total. The fraction of sp³-hybridized carbons (Fsp3) is 0.304. The molecule has 162 valence electrons. The maximum Gasteiger partial charge on any atom is 0.417 e. The number of pyridine rings is 1. The number of piperidine rings is 1. The number of halogens is 4. The van der Waals surface area contributed by atoms with Gasteiger partial charge in [0.15, 0.2) is 0 Å². The number of likely N-dealkylation sites (tertiary alicyclic amines) is 1. The van der Waals surface area contributed by atoms with Gasteiger partial charge in [-0.1, -0.05) is 35.9 Å². The van der Waals surface area contributed by atoms with Crippen molar-refractivity contribution < 1.29 is 23.1 Å². The van der Waals surface area contributed by atoms with E-state index in [4.69, 9.17) is 11.6 Å². The number of nitrogens with zero attached hydrogens (tertiary/aromatic N) is 2. The molecule has 0 bridgehead atoms. The van der Waals surface area contributed by atoms with Crippen LogP contribution in [0.2, 0.25) is 5.02 Å². The van der Waals surface area contributed by atoms with Gasteiger partial charge >= 0.3 is 12.1 Å². The predicted octanol–water partition coefficient (Wildman–Crippen LogP) is 5.79. The van der Waals surface area contributed by atoms with Gasteiger partial charge in [-0.05, 0) is 54.8 Å². The summed E-state index contributed by atoms with van der Waals surface area (Å²) in [5.74, 6) is -1.46. The number of fused-ring (bicyclic) bond motifs is 1. The molecule has 0 saturated carbocycles. The van der Waals surface area contributed by atoms with E-state index >= 15 is 0 Å². The number of para-hydroxylation sites is 1. The van der Waals surface area contributed by atoms with Crippen molar-refractivity contribution >= 4 is 28.5 Å². The molecule has 2 heterocycles. The van der Waals surface area contributed by atoms with Crippen molar-refractivity contribution in [3.8, 4) is 0 Å². The lowest BCUT2D eigenvalue weighted by Crippen LogP contribution is -2.41. The van der Waals surface area contributed by atoms with Gasteiger partial charge in [0.25, 0.3) is 0 Å². The quantitative estimate of drug-likeness (QED) is 0.548. The van der Waals surface area contributed by atoms with E-state index in [2.05, 4.69) is 4.98 Å². The smallest absolute Gasteiger partial charge is 0.417 e. The number of carbonyl (C=O) groups is 1. The van der Waals surface area contributed by atoms with E-state index in [1.54, 1.807) is 18.3 Å². The summed E-state index contributed by atoms with van der Waals surface area (Å²) < 4.78 is 40.7. The van der Waals surface area contributed by atoms with E-state index in [-0.39, 0.29) is 11.6 Å². The molecule has 2 unspecified atom stereocenters. The Labute approximate surface area is 182 Å². The molecule has 2 aromatic carbocycles. The summed E-state index contributed by atoms with van der Waals surface area (Å²) in [6.07, 6.45) is -1.77. The first-order valence-electron chi connectivity index (χ1n) is 9.93. The Morgan fingerprint density at radius 2 is 1.97 bits per heavy atom. The van der Waals surface area contributed by atoms with Crippen molar-refractivity contribution in [2.75, 3.05) is 13.1 Å². The highest BCUT2D eigenvalue weighted by atomic mass is 35.5. The summed E-state index contributed by atoms with van der Waals surface area (Å²) in [7, 11) is 0. The number of alkyl halides is 3. The highest BCUT2D eigenvalue weighted by Gasteiger charge is 2.36. The normalized spacial score (nSPS) is 18.8. The molecule has 1 aliphatic rings. The van der Waals surface area contributed by atoms with Gasteiger partial charge in [-0.25, -0.2) is 0 Å². The minimum absolute atomic E-state index is 0.251. The Balaban J connectivity index is 1.89. The first-order chi connectivity index (χ1) is 14.8. The van der Waals surface area contributed by atoms with Gasteiger partial charge in [0, 0.05) is 18.1 Å². The molecule has 0 spiro atoms. The number of aromatic nitrogens is 1. The molecule has 1 aliphatic heterocycles. The molecule has 1 fully saturated rings. The minimum atomic E-state index is -4.59. The number of benzene rings is 2. The average Bonchev–Trinajstić information content (AvgIpc) is 2.74. The van der Waals surface area contributed by atoms with Crippen LogP contribution in [-0.4, -0.2) is 34.0 Å². The molecule has 2 atom stereocenters. The van der Waals surface area contributed by atoms with Gasteiger partial charge in [-0.2, -0.15) is 13.2 Å². The zero-order chi connectivity index (χ0) is 22.2. The molecule has 1 saturated heterocycles. The van der Waals surface area contributed by atoms with Crippen LogP contribution in [0.5, 0.6) is 0 Å². The third-order valence-electron chi connectivity index (χ3n) is 5.76. The SMILES string of the molecule is O=C(O)C1CCCN(C(c2ccc(Cl)c(C(F)(F)F)c2)c2ccnc3ccccc23)C1. The topological polar surface area (TPSA) is 53.4 Å². The summed E-state index contributed by atoms with van der Waals surface area (Å²) in [6, 6.07) is 12.6. The van der Waals surface area contributed by atoms with Gasteiger partial charge in [0.1, 0.15) is 0 Å². The third kappa shape index (κ3) is 4.38. The molecule has 31 heavy (non-hydrogen) atoms. The Bertz CT molecular complexity index is 1110. The number of carboxylic acids is 1. The van der Waals surface area contributed by atoms with Crippen LogP contribution in [0.25, 0.3) is 10.9 Å². The zero-order valence-electron chi connectivity index (χ0n) is 16.4. The first-order valence-corrected chi connectivity index (χ1v) is 10.3. The second-order valence-electron chi connectivity index (χ2n) is 7.73. The Morgan fingerprint density at radius 3 is 2.71 bits per heavy atom. The molecule has 4 nitrogen and oxygen atoms in total. The second-order valence-corrected chi connectivity index (χ2v) is 8.14. The van der Waals surface area contributed by atoms with E-state index in [1.807, 2.05) is 29.2 Å².